The average Bonchev–Trinajstić information content (AvgIpc) is 3.31. The molecule has 2 saturated heterocycles. The van der Waals surface area contributed by atoms with Gasteiger partial charge < -0.3 is 10.2 Å². The zero-order valence-electron chi connectivity index (χ0n) is 14.5. The standard InChI is InChI=1S/C20H23FN4O/c21-17-3-1-2-14(10-17)11-22-19-8-9-25(20(19)26)18-6-4-15(5-7-18)16-12-23-24-13-16/h1-7,10,16,19,22-24H,8-9,11-13H2. The molecule has 136 valence electrons. The van der Waals surface area contributed by atoms with Crippen molar-refractivity contribution in [1.82, 2.24) is 16.2 Å². The Labute approximate surface area is 152 Å². The molecule has 0 aromatic heterocycles. The lowest BCUT2D eigenvalue weighted by Crippen LogP contribution is -2.38. The van der Waals surface area contributed by atoms with Crippen LogP contribution < -0.4 is 21.1 Å². The Kier molecular flexibility index (Phi) is 4.97. The summed E-state index contributed by atoms with van der Waals surface area (Å²) in [5, 5.41) is 3.26. The Morgan fingerprint density at radius 2 is 1.88 bits per heavy atom. The van der Waals surface area contributed by atoms with Crippen LogP contribution in [-0.2, 0) is 11.3 Å². The quantitative estimate of drug-likeness (QED) is 0.768. The second kappa shape index (κ2) is 7.53. The fraction of sp³-hybridized carbons (Fsp3) is 0.350. The number of carbonyl (C=O) groups is 1. The molecule has 0 aliphatic carbocycles. The Balaban J connectivity index is 1.37. The van der Waals surface area contributed by atoms with E-state index in [0.717, 1.165) is 30.8 Å². The third-order valence-corrected chi connectivity index (χ3v) is 5.15. The maximum absolute atomic E-state index is 13.3. The van der Waals surface area contributed by atoms with Crippen molar-refractivity contribution in [3.05, 3.63) is 65.5 Å². The Morgan fingerprint density at radius 1 is 1.12 bits per heavy atom. The van der Waals surface area contributed by atoms with Gasteiger partial charge in [-0.05, 0) is 41.8 Å². The fourth-order valence-corrected chi connectivity index (χ4v) is 3.64. The summed E-state index contributed by atoms with van der Waals surface area (Å²) < 4.78 is 13.3. The lowest BCUT2D eigenvalue weighted by atomic mass is 10.00. The third-order valence-electron chi connectivity index (χ3n) is 5.15. The molecule has 2 aliphatic heterocycles. The first kappa shape index (κ1) is 17.1. The van der Waals surface area contributed by atoms with Crippen LogP contribution in [0.5, 0.6) is 0 Å². The zero-order valence-corrected chi connectivity index (χ0v) is 14.5. The number of halogens is 1. The highest BCUT2D eigenvalue weighted by atomic mass is 19.1. The molecule has 2 fully saturated rings. The van der Waals surface area contributed by atoms with E-state index in [-0.39, 0.29) is 17.8 Å². The largest absolute Gasteiger partial charge is 0.311 e. The Hall–Kier alpha value is -2.28. The van der Waals surface area contributed by atoms with Gasteiger partial charge in [0.1, 0.15) is 5.82 Å². The van der Waals surface area contributed by atoms with Gasteiger partial charge in [-0.25, -0.2) is 4.39 Å². The molecule has 0 radical (unpaired) electrons. The maximum Gasteiger partial charge on any atom is 0.244 e. The summed E-state index contributed by atoms with van der Waals surface area (Å²) >= 11 is 0. The molecule has 26 heavy (non-hydrogen) atoms. The van der Waals surface area contributed by atoms with Crippen LogP contribution >= 0.6 is 0 Å². The number of carbonyl (C=O) groups excluding carboxylic acids is 1. The summed E-state index contributed by atoms with van der Waals surface area (Å²) in [6.45, 7) is 3.04. The van der Waals surface area contributed by atoms with Gasteiger partial charge in [0.05, 0.1) is 6.04 Å². The van der Waals surface area contributed by atoms with E-state index < -0.39 is 0 Å². The van der Waals surface area contributed by atoms with Crippen LogP contribution in [0.4, 0.5) is 10.1 Å². The van der Waals surface area contributed by atoms with E-state index in [2.05, 4.69) is 28.3 Å². The average molecular weight is 354 g/mol. The molecule has 2 heterocycles. The SMILES string of the molecule is O=C1C(NCc2cccc(F)c2)CCN1c1ccc(C2CNNC2)cc1. The fourth-order valence-electron chi connectivity index (χ4n) is 3.64. The first-order valence-corrected chi connectivity index (χ1v) is 9.05. The number of benzene rings is 2. The summed E-state index contributed by atoms with van der Waals surface area (Å²) in [5.41, 5.74) is 9.34. The molecule has 3 N–H and O–H groups in total. The number of hydrogen-bond acceptors (Lipinski definition) is 4. The maximum atomic E-state index is 13.3. The molecule has 0 saturated carbocycles. The Bertz CT molecular complexity index is 774. The highest BCUT2D eigenvalue weighted by Crippen LogP contribution is 2.25. The van der Waals surface area contributed by atoms with Gasteiger partial charge in [-0.3, -0.25) is 15.6 Å². The molecule has 4 rings (SSSR count). The first-order chi connectivity index (χ1) is 12.7. The third kappa shape index (κ3) is 3.62. The van der Waals surface area contributed by atoms with Gasteiger partial charge in [-0.2, -0.15) is 0 Å². The highest BCUT2D eigenvalue weighted by molar-refractivity contribution is 5.99. The van der Waals surface area contributed by atoms with Gasteiger partial charge in [0.25, 0.3) is 0 Å². The molecule has 0 spiro atoms. The highest BCUT2D eigenvalue weighted by Gasteiger charge is 2.32. The molecule has 0 bridgehead atoms. The van der Waals surface area contributed by atoms with Gasteiger partial charge in [0.2, 0.25) is 5.91 Å². The number of anilines is 1. The lowest BCUT2D eigenvalue weighted by Gasteiger charge is -2.18. The molecule has 1 amide bonds. The molecule has 6 heteroatoms. The van der Waals surface area contributed by atoms with Gasteiger partial charge in [0, 0.05) is 37.8 Å². The smallest absolute Gasteiger partial charge is 0.244 e. The van der Waals surface area contributed by atoms with Crippen LogP contribution in [-0.4, -0.2) is 31.6 Å². The summed E-state index contributed by atoms with van der Waals surface area (Å²) in [5.74, 6) is 0.300. The van der Waals surface area contributed by atoms with Gasteiger partial charge in [0.15, 0.2) is 0 Å². The molecular formula is C20H23FN4O. The molecule has 5 nitrogen and oxygen atoms in total. The molecule has 1 unspecified atom stereocenters. The predicted octanol–water partition coefficient (Wildman–Crippen LogP) is 1.91. The molecule has 2 aliphatic rings. The minimum absolute atomic E-state index is 0.0818. The van der Waals surface area contributed by atoms with Crippen molar-refractivity contribution in [2.24, 2.45) is 0 Å². The van der Waals surface area contributed by atoms with E-state index in [4.69, 9.17) is 0 Å². The number of amides is 1. The van der Waals surface area contributed by atoms with E-state index in [1.165, 1.54) is 17.7 Å². The van der Waals surface area contributed by atoms with Gasteiger partial charge >= 0.3 is 0 Å². The van der Waals surface area contributed by atoms with Crippen molar-refractivity contribution < 1.29 is 9.18 Å². The van der Waals surface area contributed by atoms with Crippen LogP contribution in [0.3, 0.4) is 0 Å². The summed E-state index contributed by atoms with van der Waals surface area (Å²) in [6, 6.07) is 14.5. The summed E-state index contributed by atoms with van der Waals surface area (Å²) in [7, 11) is 0. The second-order valence-corrected chi connectivity index (χ2v) is 6.89. The topological polar surface area (TPSA) is 56.4 Å². The molecule has 2 aromatic rings. The predicted molar refractivity (Wildman–Crippen MR) is 99.2 cm³/mol. The van der Waals surface area contributed by atoms with E-state index in [0.29, 0.717) is 19.0 Å². The van der Waals surface area contributed by atoms with E-state index in [1.54, 1.807) is 6.07 Å². The van der Waals surface area contributed by atoms with Gasteiger partial charge in [-0.15, -0.1) is 0 Å². The minimum atomic E-state index is -0.253. The van der Waals surface area contributed by atoms with Gasteiger partial charge in [-0.1, -0.05) is 24.3 Å². The minimum Gasteiger partial charge on any atom is -0.311 e. The number of nitrogens with one attached hydrogen (secondary N) is 3. The summed E-state index contributed by atoms with van der Waals surface area (Å²) in [4.78, 5) is 14.5. The lowest BCUT2D eigenvalue weighted by molar-refractivity contribution is -0.118. The van der Waals surface area contributed by atoms with E-state index >= 15 is 0 Å². The molecule has 2 aromatic carbocycles. The molecular weight excluding hydrogens is 331 g/mol. The number of rotatable bonds is 5. The second-order valence-electron chi connectivity index (χ2n) is 6.89. The van der Waals surface area contributed by atoms with Crippen molar-refractivity contribution in [2.75, 3.05) is 24.5 Å². The normalized spacial score (nSPS) is 20.9. The van der Waals surface area contributed by atoms with E-state index in [1.807, 2.05) is 23.1 Å². The van der Waals surface area contributed by atoms with Crippen molar-refractivity contribution >= 4 is 11.6 Å². The van der Waals surface area contributed by atoms with Crippen molar-refractivity contribution in [1.29, 1.82) is 0 Å². The first-order valence-electron chi connectivity index (χ1n) is 9.05. The Morgan fingerprint density at radius 3 is 2.62 bits per heavy atom. The van der Waals surface area contributed by atoms with Crippen LogP contribution in [0.2, 0.25) is 0 Å². The van der Waals surface area contributed by atoms with Crippen molar-refractivity contribution in [2.45, 2.75) is 24.9 Å². The zero-order chi connectivity index (χ0) is 17.9. The van der Waals surface area contributed by atoms with Crippen LogP contribution in [0.15, 0.2) is 48.5 Å². The number of hydrazine groups is 1. The number of nitrogens with zero attached hydrogens (tertiary/aromatic N) is 1. The molecule has 1 atom stereocenters. The van der Waals surface area contributed by atoms with Crippen molar-refractivity contribution in [3.63, 3.8) is 0 Å². The van der Waals surface area contributed by atoms with Crippen LogP contribution in [0.25, 0.3) is 0 Å². The van der Waals surface area contributed by atoms with Crippen LogP contribution in [0.1, 0.15) is 23.5 Å². The van der Waals surface area contributed by atoms with Crippen molar-refractivity contribution in [3.8, 4) is 0 Å². The number of hydrogen-bond donors (Lipinski definition) is 3. The monoisotopic (exact) mass is 354 g/mol. The van der Waals surface area contributed by atoms with Crippen LogP contribution in [0, 0.1) is 5.82 Å². The van der Waals surface area contributed by atoms with E-state index in [9.17, 15) is 9.18 Å². The summed E-state index contributed by atoms with van der Waals surface area (Å²) in [6.07, 6.45) is 0.756.